The van der Waals surface area contributed by atoms with Crippen molar-refractivity contribution in [2.45, 2.75) is 44.5 Å². The summed E-state index contributed by atoms with van der Waals surface area (Å²) in [4.78, 5) is 4.09. The van der Waals surface area contributed by atoms with Crippen molar-refractivity contribution in [2.75, 3.05) is 13.2 Å². The Morgan fingerprint density at radius 3 is 3.12 bits per heavy atom. The van der Waals surface area contributed by atoms with Gasteiger partial charge in [-0.1, -0.05) is 13.3 Å². The zero-order chi connectivity index (χ0) is 12.1. The predicted octanol–water partition coefficient (Wildman–Crippen LogP) is 0.641. The van der Waals surface area contributed by atoms with E-state index in [0.717, 1.165) is 25.1 Å². The number of hydrogen-bond donors (Lipinski definition) is 2. The van der Waals surface area contributed by atoms with Gasteiger partial charge < -0.3 is 14.6 Å². The summed E-state index contributed by atoms with van der Waals surface area (Å²) in [5.74, 6) is 0.0999. The molecule has 6 nitrogen and oxygen atoms in total. The highest BCUT2D eigenvalue weighted by Crippen LogP contribution is 2.31. The van der Waals surface area contributed by atoms with Crippen LogP contribution >= 0.6 is 0 Å². The van der Waals surface area contributed by atoms with Crippen LogP contribution in [0.25, 0.3) is 0 Å². The van der Waals surface area contributed by atoms with Crippen molar-refractivity contribution in [3.05, 3.63) is 12.2 Å². The predicted molar refractivity (Wildman–Crippen MR) is 60.3 cm³/mol. The third kappa shape index (κ3) is 3.02. The van der Waals surface area contributed by atoms with Gasteiger partial charge in [0.25, 0.3) is 0 Å². The normalized spacial score (nSPS) is 28.7. The van der Waals surface area contributed by atoms with Crippen LogP contribution < -0.4 is 0 Å². The number of ether oxygens (including phenoxy) is 2. The standard InChI is InChI=1S/C11H19N3O3/c1-2-3-4-11(5-10-12-8-13-14-10)16-7-9(6-15)17-11/h8-9,15H,2-7H2,1H3,(H,12,13,14). The van der Waals surface area contributed by atoms with Crippen LogP contribution in [0.2, 0.25) is 0 Å². The van der Waals surface area contributed by atoms with Crippen molar-refractivity contribution in [3.63, 3.8) is 0 Å². The average Bonchev–Trinajstić information content (AvgIpc) is 2.97. The third-order valence-electron chi connectivity index (χ3n) is 2.93. The molecule has 2 N–H and O–H groups in total. The number of aliphatic hydroxyl groups is 1. The van der Waals surface area contributed by atoms with Crippen molar-refractivity contribution in [3.8, 4) is 0 Å². The lowest BCUT2D eigenvalue weighted by atomic mass is 10.1. The van der Waals surface area contributed by atoms with Gasteiger partial charge in [-0.2, -0.15) is 5.10 Å². The van der Waals surface area contributed by atoms with E-state index in [1.807, 2.05) is 0 Å². The lowest BCUT2D eigenvalue weighted by molar-refractivity contribution is -0.176. The van der Waals surface area contributed by atoms with Gasteiger partial charge in [-0.3, -0.25) is 5.10 Å². The van der Waals surface area contributed by atoms with E-state index in [2.05, 4.69) is 22.1 Å². The molecule has 0 bridgehead atoms. The fourth-order valence-electron chi connectivity index (χ4n) is 2.04. The Morgan fingerprint density at radius 2 is 2.53 bits per heavy atom. The summed E-state index contributed by atoms with van der Waals surface area (Å²) in [6.07, 6.45) is 4.70. The molecule has 2 atom stereocenters. The molecule has 0 aromatic carbocycles. The summed E-state index contributed by atoms with van der Waals surface area (Å²) in [6, 6.07) is 0. The van der Waals surface area contributed by atoms with Gasteiger partial charge in [-0.25, -0.2) is 4.98 Å². The highest BCUT2D eigenvalue weighted by Gasteiger charge is 2.41. The molecule has 2 heterocycles. The first-order valence-corrected chi connectivity index (χ1v) is 6.05. The lowest BCUT2D eigenvalue weighted by Gasteiger charge is -2.27. The molecule has 1 fully saturated rings. The van der Waals surface area contributed by atoms with Gasteiger partial charge in [-0.05, 0) is 6.42 Å². The second kappa shape index (κ2) is 5.57. The van der Waals surface area contributed by atoms with Crippen LogP contribution in [0.1, 0.15) is 32.0 Å². The Bertz CT molecular complexity index is 331. The van der Waals surface area contributed by atoms with Gasteiger partial charge in [0.2, 0.25) is 0 Å². The zero-order valence-electron chi connectivity index (χ0n) is 10.1. The van der Waals surface area contributed by atoms with Crippen LogP contribution in [-0.4, -0.2) is 45.4 Å². The van der Waals surface area contributed by atoms with E-state index in [-0.39, 0.29) is 12.7 Å². The van der Waals surface area contributed by atoms with Gasteiger partial charge in [-0.15, -0.1) is 0 Å². The highest BCUT2D eigenvalue weighted by molar-refractivity contribution is 4.91. The molecule has 1 aromatic rings. The molecular formula is C11H19N3O3. The number of hydrogen-bond acceptors (Lipinski definition) is 5. The third-order valence-corrected chi connectivity index (χ3v) is 2.93. The minimum absolute atomic E-state index is 0.00964. The maximum absolute atomic E-state index is 9.11. The fraction of sp³-hybridized carbons (Fsp3) is 0.818. The number of aliphatic hydroxyl groups excluding tert-OH is 1. The Morgan fingerprint density at radius 1 is 1.65 bits per heavy atom. The van der Waals surface area contributed by atoms with E-state index in [1.165, 1.54) is 6.33 Å². The first kappa shape index (κ1) is 12.5. The van der Waals surface area contributed by atoms with Crippen LogP contribution in [0.15, 0.2) is 6.33 Å². The van der Waals surface area contributed by atoms with Crippen molar-refractivity contribution in [1.29, 1.82) is 0 Å². The molecule has 1 saturated heterocycles. The minimum atomic E-state index is -0.650. The smallest absolute Gasteiger partial charge is 0.176 e. The summed E-state index contributed by atoms with van der Waals surface area (Å²) in [5, 5.41) is 15.7. The first-order chi connectivity index (χ1) is 8.28. The number of rotatable bonds is 6. The summed E-state index contributed by atoms with van der Waals surface area (Å²) in [5.41, 5.74) is 0. The molecule has 0 aliphatic carbocycles. The number of aromatic amines is 1. The molecule has 96 valence electrons. The van der Waals surface area contributed by atoms with Crippen LogP contribution in [0.4, 0.5) is 0 Å². The van der Waals surface area contributed by atoms with Crippen molar-refractivity contribution < 1.29 is 14.6 Å². The van der Waals surface area contributed by atoms with Crippen LogP contribution in [-0.2, 0) is 15.9 Å². The van der Waals surface area contributed by atoms with E-state index in [1.54, 1.807) is 0 Å². The van der Waals surface area contributed by atoms with Crippen LogP contribution in [0, 0.1) is 0 Å². The van der Waals surface area contributed by atoms with Crippen LogP contribution in [0.3, 0.4) is 0 Å². The number of aromatic nitrogens is 3. The van der Waals surface area contributed by atoms with E-state index in [0.29, 0.717) is 13.0 Å². The van der Waals surface area contributed by atoms with Gasteiger partial charge in [0.1, 0.15) is 18.3 Å². The molecule has 1 aromatic heterocycles. The number of nitrogens with zero attached hydrogens (tertiary/aromatic N) is 2. The molecule has 1 aliphatic heterocycles. The minimum Gasteiger partial charge on any atom is -0.394 e. The van der Waals surface area contributed by atoms with Gasteiger partial charge in [0, 0.05) is 6.42 Å². The number of H-pyrrole nitrogens is 1. The van der Waals surface area contributed by atoms with Gasteiger partial charge in [0.05, 0.1) is 19.6 Å². The molecule has 0 radical (unpaired) electrons. The maximum atomic E-state index is 9.11. The first-order valence-electron chi connectivity index (χ1n) is 6.05. The second-order valence-electron chi connectivity index (χ2n) is 4.36. The molecule has 6 heteroatoms. The topological polar surface area (TPSA) is 80.3 Å². The summed E-state index contributed by atoms with van der Waals surface area (Å²) in [7, 11) is 0. The monoisotopic (exact) mass is 241 g/mol. The molecule has 17 heavy (non-hydrogen) atoms. The molecule has 1 aliphatic rings. The van der Waals surface area contributed by atoms with Crippen LogP contribution in [0.5, 0.6) is 0 Å². The lowest BCUT2D eigenvalue weighted by Crippen LogP contribution is -2.34. The molecule has 2 rings (SSSR count). The molecule has 2 unspecified atom stereocenters. The van der Waals surface area contributed by atoms with E-state index < -0.39 is 5.79 Å². The SMILES string of the molecule is CCCCC1(Cc2ncn[nH]2)OCC(CO)O1. The Kier molecular flexibility index (Phi) is 4.09. The molecule has 0 spiro atoms. The van der Waals surface area contributed by atoms with E-state index in [9.17, 15) is 0 Å². The largest absolute Gasteiger partial charge is 0.394 e. The van der Waals surface area contributed by atoms with Gasteiger partial charge in [0.15, 0.2) is 5.79 Å². The molecular weight excluding hydrogens is 222 g/mol. The Labute approximate surface area is 100 Å². The Hall–Kier alpha value is -0.980. The van der Waals surface area contributed by atoms with Gasteiger partial charge >= 0.3 is 0 Å². The van der Waals surface area contributed by atoms with Crippen molar-refractivity contribution >= 4 is 0 Å². The summed E-state index contributed by atoms with van der Waals surface area (Å²) in [6.45, 7) is 2.55. The van der Waals surface area contributed by atoms with Crippen molar-refractivity contribution in [1.82, 2.24) is 15.2 Å². The maximum Gasteiger partial charge on any atom is 0.176 e. The number of unbranched alkanes of at least 4 members (excludes halogenated alkanes) is 1. The molecule has 0 saturated carbocycles. The van der Waals surface area contributed by atoms with E-state index >= 15 is 0 Å². The Balaban J connectivity index is 2.02. The molecule has 0 amide bonds. The fourth-order valence-corrected chi connectivity index (χ4v) is 2.04. The quantitative estimate of drug-likeness (QED) is 0.764. The second-order valence-corrected chi connectivity index (χ2v) is 4.36. The average molecular weight is 241 g/mol. The van der Waals surface area contributed by atoms with E-state index in [4.69, 9.17) is 14.6 Å². The summed E-state index contributed by atoms with van der Waals surface area (Å²) >= 11 is 0. The highest BCUT2D eigenvalue weighted by atomic mass is 16.7. The number of nitrogens with one attached hydrogen (secondary N) is 1. The van der Waals surface area contributed by atoms with Crippen molar-refractivity contribution in [2.24, 2.45) is 0 Å². The zero-order valence-corrected chi connectivity index (χ0v) is 10.1. The summed E-state index contributed by atoms with van der Waals surface area (Å²) < 4.78 is 11.6.